The molecular formula is C13H19FN2O. The van der Waals surface area contributed by atoms with Crippen LogP contribution in [0.3, 0.4) is 0 Å². The molecule has 1 aliphatic heterocycles. The van der Waals surface area contributed by atoms with E-state index in [-0.39, 0.29) is 5.82 Å². The van der Waals surface area contributed by atoms with Crippen molar-refractivity contribution in [3.05, 3.63) is 24.0 Å². The van der Waals surface area contributed by atoms with Gasteiger partial charge in [-0.1, -0.05) is 6.92 Å². The Labute approximate surface area is 102 Å². The number of hydrogen-bond donors (Lipinski definition) is 1. The van der Waals surface area contributed by atoms with Crippen molar-refractivity contribution in [2.75, 3.05) is 31.6 Å². The third-order valence-corrected chi connectivity index (χ3v) is 3.18. The van der Waals surface area contributed by atoms with E-state index in [0.717, 1.165) is 31.7 Å². The Hall–Kier alpha value is -1.29. The predicted octanol–water partition coefficient (Wildman–Crippen LogP) is 2.02. The van der Waals surface area contributed by atoms with Crippen molar-refractivity contribution in [3.8, 4) is 5.75 Å². The second kappa shape index (κ2) is 5.36. The number of hydrogen-bond acceptors (Lipinski definition) is 3. The molecule has 1 aromatic rings. The van der Waals surface area contributed by atoms with Crippen LogP contribution in [0.2, 0.25) is 0 Å². The quantitative estimate of drug-likeness (QED) is 0.868. The number of nitrogens with zero attached hydrogens (tertiary/aromatic N) is 1. The van der Waals surface area contributed by atoms with Crippen molar-refractivity contribution in [2.45, 2.75) is 19.4 Å². The zero-order chi connectivity index (χ0) is 12.3. The smallest absolute Gasteiger partial charge is 0.167 e. The molecule has 0 aliphatic carbocycles. The first kappa shape index (κ1) is 12.2. The summed E-state index contributed by atoms with van der Waals surface area (Å²) in [6.07, 6.45) is 1.11. The van der Waals surface area contributed by atoms with E-state index in [1.54, 1.807) is 12.1 Å². The van der Waals surface area contributed by atoms with E-state index in [2.05, 4.69) is 17.1 Å². The summed E-state index contributed by atoms with van der Waals surface area (Å²) in [5, 5.41) is 3.42. The van der Waals surface area contributed by atoms with Crippen LogP contribution in [0.25, 0.3) is 0 Å². The molecule has 94 valence electrons. The third kappa shape index (κ3) is 2.69. The monoisotopic (exact) mass is 238 g/mol. The van der Waals surface area contributed by atoms with Gasteiger partial charge in [-0.2, -0.15) is 0 Å². The van der Waals surface area contributed by atoms with Crippen LogP contribution in [0.15, 0.2) is 18.2 Å². The van der Waals surface area contributed by atoms with Crippen molar-refractivity contribution in [2.24, 2.45) is 0 Å². The zero-order valence-corrected chi connectivity index (χ0v) is 10.4. The Balaban J connectivity index is 2.06. The van der Waals surface area contributed by atoms with Gasteiger partial charge in [0.05, 0.1) is 7.11 Å². The molecule has 1 aromatic carbocycles. The van der Waals surface area contributed by atoms with Crippen LogP contribution in [0.5, 0.6) is 5.75 Å². The molecular weight excluding hydrogens is 219 g/mol. The van der Waals surface area contributed by atoms with E-state index in [1.165, 1.54) is 7.11 Å². The lowest BCUT2D eigenvalue weighted by atomic mass is 10.2. The number of rotatable bonds is 4. The molecule has 3 nitrogen and oxygen atoms in total. The van der Waals surface area contributed by atoms with Gasteiger partial charge in [0.25, 0.3) is 0 Å². The predicted molar refractivity (Wildman–Crippen MR) is 67.2 cm³/mol. The first-order valence-electron chi connectivity index (χ1n) is 6.06. The van der Waals surface area contributed by atoms with Gasteiger partial charge in [0.2, 0.25) is 0 Å². The maximum absolute atomic E-state index is 13.6. The van der Waals surface area contributed by atoms with E-state index < -0.39 is 0 Å². The lowest BCUT2D eigenvalue weighted by Gasteiger charge is -2.19. The largest absolute Gasteiger partial charge is 0.494 e. The third-order valence-electron chi connectivity index (χ3n) is 3.18. The van der Waals surface area contributed by atoms with Crippen LogP contribution in [-0.4, -0.2) is 32.8 Å². The number of halogens is 1. The highest BCUT2D eigenvalue weighted by atomic mass is 19.1. The maximum atomic E-state index is 13.6. The van der Waals surface area contributed by atoms with Crippen LogP contribution in [-0.2, 0) is 0 Å². The summed E-state index contributed by atoms with van der Waals surface area (Å²) in [7, 11) is 1.48. The number of methoxy groups -OCH3 is 1. The molecule has 1 fully saturated rings. The molecule has 0 radical (unpaired) electrons. The van der Waals surface area contributed by atoms with Gasteiger partial charge in [0, 0.05) is 30.9 Å². The van der Waals surface area contributed by atoms with E-state index in [1.807, 2.05) is 6.07 Å². The van der Waals surface area contributed by atoms with E-state index in [0.29, 0.717) is 11.8 Å². The SMILES string of the molecule is CCNC1CCN(c2ccc(OC)c(F)c2)C1. The topological polar surface area (TPSA) is 24.5 Å². The van der Waals surface area contributed by atoms with Gasteiger partial charge in [0.15, 0.2) is 11.6 Å². The summed E-state index contributed by atoms with van der Waals surface area (Å²) in [6, 6.07) is 5.67. The highest BCUT2D eigenvalue weighted by molar-refractivity contribution is 5.50. The summed E-state index contributed by atoms with van der Waals surface area (Å²) in [4.78, 5) is 2.20. The number of anilines is 1. The normalized spacial score (nSPS) is 19.7. The number of likely N-dealkylation sites (N-methyl/N-ethyl adjacent to an activating group) is 1. The molecule has 0 spiro atoms. The lowest BCUT2D eigenvalue weighted by Crippen LogP contribution is -2.32. The van der Waals surface area contributed by atoms with Gasteiger partial charge in [-0.25, -0.2) is 4.39 Å². The van der Waals surface area contributed by atoms with Gasteiger partial charge in [-0.05, 0) is 25.1 Å². The highest BCUT2D eigenvalue weighted by Gasteiger charge is 2.22. The first-order valence-corrected chi connectivity index (χ1v) is 6.06. The molecule has 0 amide bonds. The lowest BCUT2D eigenvalue weighted by molar-refractivity contribution is 0.386. The van der Waals surface area contributed by atoms with Crippen molar-refractivity contribution in [3.63, 3.8) is 0 Å². The van der Waals surface area contributed by atoms with Crippen LogP contribution < -0.4 is 15.0 Å². The summed E-state index contributed by atoms with van der Waals surface area (Å²) >= 11 is 0. The van der Waals surface area contributed by atoms with Crippen LogP contribution in [0, 0.1) is 5.82 Å². The van der Waals surface area contributed by atoms with Gasteiger partial charge in [0.1, 0.15) is 0 Å². The van der Waals surface area contributed by atoms with E-state index >= 15 is 0 Å². The minimum Gasteiger partial charge on any atom is -0.494 e. The molecule has 1 heterocycles. The molecule has 0 saturated carbocycles. The van der Waals surface area contributed by atoms with Crippen LogP contribution in [0.4, 0.5) is 10.1 Å². The molecule has 1 N–H and O–H groups in total. The van der Waals surface area contributed by atoms with Gasteiger partial charge < -0.3 is 15.0 Å². The van der Waals surface area contributed by atoms with Crippen molar-refractivity contribution >= 4 is 5.69 Å². The molecule has 1 aliphatic rings. The Morgan fingerprint density at radius 1 is 1.53 bits per heavy atom. The molecule has 0 aromatic heterocycles. The number of nitrogens with one attached hydrogen (secondary N) is 1. The number of ether oxygens (including phenoxy) is 1. The maximum Gasteiger partial charge on any atom is 0.167 e. The minimum atomic E-state index is -0.295. The molecule has 1 atom stereocenters. The molecule has 17 heavy (non-hydrogen) atoms. The summed E-state index contributed by atoms with van der Waals surface area (Å²) in [5.74, 6) is 0.00748. The summed E-state index contributed by atoms with van der Waals surface area (Å²) in [5.41, 5.74) is 0.934. The highest BCUT2D eigenvalue weighted by Crippen LogP contribution is 2.26. The summed E-state index contributed by atoms with van der Waals surface area (Å²) < 4.78 is 18.5. The Morgan fingerprint density at radius 2 is 2.35 bits per heavy atom. The van der Waals surface area contributed by atoms with Crippen molar-refractivity contribution < 1.29 is 9.13 Å². The Bertz CT molecular complexity index is 384. The average Bonchev–Trinajstić information content (AvgIpc) is 2.78. The second-order valence-corrected chi connectivity index (χ2v) is 4.31. The standard InChI is InChI=1S/C13H19FN2O/c1-3-15-10-6-7-16(9-10)11-4-5-13(17-2)12(14)8-11/h4-5,8,10,15H,3,6-7,9H2,1-2H3. The molecule has 4 heteroatoms. The van der Waals surface area contributed by atoms with Gasteiger partial charge in [-0.15, -0.1) is 0 Å². The second-order valence-electron chi connectivity index (χ2n) is 4.31. The molecule has 0 bridgehead atoms. The van der Waals surface area contributed by atoms with Crippen LogP contribution in [0.1, 0.15) is 13.3 Å². The number of benzene rings is 1. The van der Waals surface area contributed by atoms with Crippen molar-refractivity contribution in [1.29, 1.82) is 0 Å². The summed E-state index contributed by atoms with van der Waals surface area (Å²) in [6.45, 7) is 5.01. The fourth-order valence-electron chi connectivity index (χ4n) is 2.30. The minimum absolute atomic E-state index is 0.295. The molecule has 1 unspecified atom stereocenters. The van der Waals surface area contributed by atoms with Gasteiger partial charge in [-0.3, -0.25) is 0 Å². The average molecular weight is 238 g/mol. The van der Waals surface area contributed by atoms with Gasteiger partial charge >= 0.3 is 0 Å². The van der Waals surface area contributed by atoms with Crippen LogP contribution >= 0.6 is 0 Å². The zero-order valence-electron chi connectivity index (χ0n) is 10.4. The molecule has 1 saturated heterocycles. The van der Waals surface area contributed by atoms with Crippen molar-refractivity contribution in [1.82, 2.24) is 5.32 Å². The Kier molecular flexibility index (Phi) is 3.84. The van der Waals surface area contributed by atoms with E-state index in [9.17, 15) is 4.39 Å². The fraction of sp³-hybridized carbons (Fsp3) is 0.538. The molecule has 2 rings (SSSR count). The van der Waals surface area contributed by atoms with E-state index in [4.69, 9.17) is 4.74 Å². The fourth-order valence-corrected chi connectivity index (χ4v) is 2.30. The Morgan fingerprint density at radius 3 is 3.00 bits per heavy atom. The first-order chi connectivity index (χ1) is 8.24.